The van der Waals surface area contributed by atoms with Gasteiger partial charge in [0.1, 0.15) is 0 Å². The van der Waals surface area contributed by atoms with Crippen LogP contribution in [0.25, 0.3) is 0 Å². The lowest BCUT2D eigenvalue weighted by Crippen LogP contribution is -2.41. The van der Waals surface area contributed by atoms with Crippen molar-refractivity contribution in [2.24, 2.45) is 4.99 Å². The second-order valence-electron chi connectivity index (χ2n) is 5.14. The monoisotopic (exact) mass is 293 g/mol. The van der Waals surface area contributed by atoms with E-state index in [4.69, 9.17) is 4.99 Å². The molecule has 1 heterocycles. The SMILES string of the molecule is CCNC(=NCC(C)N(CC)CC)NCCn1cccc1. The highest BCUT2D eigenvalue weighted by molar-refractivity contribution is 5.79. The third-order valence-electron chi connectivity index (χ3n) is 3.62. The molecule has 120 valence electrons. The van der Waals surface area contributed by atoms with Gasteiger partial charge in [-0.2, -0.15) is 0 Å². The molecule has 0 saturated carbocycles. The zero-order valence-corrected chi connectivity index (χ0v) is 14.0. The second kappa shape index (κ2) is 10.3. The van der Waals surface area contributed by atoms with E-state index in [9.17, 15) is 0 Å². The number of likely N-dealkylation sites (N-methyl/N-ethyl adjacent to an activating group) is 1. The predicted molar refractivity (Wildman–Crippen MR) is 90.8 cm³/mol. The lowest BCUT2D eigenvalue weighted by Gasteiger charge is -2.25. The Hall–Kier alpha value is -1.49. The van der Waals surface area contributed by atoms with Gasteiger partial charge in [-0.25, -0.2) is 0 Å². The number of guanidine groups is 1. The van der Waals surface area contributed by atoms with E-state index in [0.717, 1.165) is 45.2 Å². The lowest BCUT2D eigenvalue weighted by molar-refractivity contribution is 0.237. The highest BCUT2D eigenvalue weighted by Crippen LogP contribution is 1.98. The lowest BCUT2D eigenvalue weighted by atomic mass is 10.3. The number of aromatic nitrogens is 1. The first-order valence-electron chi connectivity index (χ1n) is 8.08. The van der Waals surface area contributed by atoms with Gasteiger partial charge in [0, 0.05) is 38.1 Å². The molecule has 0 fully saturated rings. The van der Waals surface area contributed by atoms with Crippen LogP contribution in [0.1, 0.15) is 27.7 Å². The quantitative estimate of drug-likeness (QED) is 0.539. The van der Waals surface area contributed by atoms with Crippen LogP contribution in [0.3, 0.4) is 0 Å². The molecule has 1 aromatic heterocycles. The fraction of sp³-hybridized carbons (Fsp3) is 0.688. The molecule has 21 heavy (non-hydrogen) atoms. The van der Waals surface area contributed by atoms with Gasteiger partial charge in [-0.05, 0) is 39.1 Å². The largest absolute Gasteiger partial charge is 0.357 e. The molecular weight excluding hydrogens is 262 g/mol. The summed E-state index contributed by atoms with van der Waals surface area (Å²) in [5.74, 6) is 0.906. The van der Waals surface area contributed by atoms with Crippen molar-refractivity contribution in [2.75, 3.05) is 32.7 Å². The van der Waals surface area contributed by atoms with Crippen LogP contribution in [0, 0.1) is 0 Å². The Morgan fingerprint density at radius 3 is 2.38 bits per heavy atom. The molecule has 1 aromatic rings. The number of hydrogen-bond acceptors (Lipinski definition) is 2. The van der Waals surface area contributed by atoms with E-state index in [2.05, 4.69) is 60.2 Å². The topological polar surface area (TPSA) is 44.6 Å². The molecule has 0 saturated heterocycles. The molecule has 5 heteroatoms. The van der Waals surface area contributed by atoms with Crippen molar-refractivity contribution in [3.8, 4) is 0 Å². The first-order chi connectivity index (χ1) is 10.2. The minimum Gasteiger partial charge on any atom is -0.357 e. The maximum atomic E-state index is 4.69. The van der Waals surface area contributed by atoms with Crippen molar-refractivity contribution >= 4 is 5.96 Å². The first-order valence-corrected chi connectivity index (χ1v) is 8.08. The maximum absolute atomic E-state index is 4.69. The third kappa shape index (κ3) is 6.67. The number of aliphatic imine (C=N–C) groups is 1. The van der Waals surface area contributed by atoms with E-state index >= 15 is 0 Å². The highest BCUT2D eigenvalue weighted by atomic mass is 15.2. The standard InChI is InChI=1S/C16H31N5/c1-5-17-16(18-10-13-20-11-8-9-12-20)19-14-15(4)21(6-2)7-3/h8-9,11-12,15H,5-7,10,13-14H2,1-4H3,(H2,17,18,19). The second-order valence-corrected chi connectivity index (χ2v) is 5.14. The minimum atomic E-state index is 0.472. The first kappa shape index (κ1) is 17.6. The molecule has 1 unspecified atom stereocenters. The molecule has 0 aliphatic heterocycles. The van der Waals surface area contributed by atoms with Gasteiger partial charge in [-0.15, -0.1) is 0 Å². The summed E-state index contributed by atoms with van der Waals surface area (Å²) >= 11 is 0. The number of nitrogens with one attached hydrogen (secondary N) is 2. The van der Waals surface area contributed by atoms with Gasteiger partial charge >= 0.3 is 0 Å². The van der Waals surface area contributed by atoms with Gasteiger partial charge in [-0.1, -0.05) is 13.8 Å². The van der Waals surface area contributed by atoms with Crippen LogP contribution in [-0.4, -0.2) is 54.2 Å². The molecule has 0 spiro atoms. The summed E-state index contributed by atoms with van der Waals surface area (Å²) in [5.41, 5.74) is 0. The van der Waals surface area contributed by atoms with Crippen LogP contribution in [0.2, 0.25) is 0 Å². The molecule has 0 amide bonds. The summed E-state index contributed by atoms with van der Waals surface area (Å²) in [4.78, 5) is 7.12. The van der Waals surface area contributed by atoms with Crippen LogP contribution >= 0.6 is 0 Å². The maximum Gasteiger partial charge on any atom is 0.191 e. The molecular formula is C16H31N5. The van der Waals surface area contributed by atoms with Crippen molar-refractivity contribution < 1.29 is 0 Å². The Morgan fingerprint density at radius 2 is 1.81 bits per heavy atom. The zero-order chi connectivity index (χ0) is 15.5. The van der Waals surface area contributed by atoms with Crippen LogP contribution in [0.5, 0.6) is 0 Å². The van der Waals surface area contributed by atoms with Crippen LogP contribution in [0.4, 0.5) is 0 Å². The molecule has 0 aliphatic carbocycles. The number of rotatable bonds is 9. The molecule has 1 atom stereocenters. The number of hydrogen-bond donors (Lipinski definition) is 2. The summed E-state index contributed by atoms with van der Waals surface area (Å²) in [6, 6.07) is 4.57. The average molecular weight is 293 g/mol. The van der Waals surface area contributed by atoms with Gasteiger partial charge in [0.2, 0.25) is 0 Å². The van der Waals surface area contributed by atoms with Crippen molar-refractivity contribution in [1.29, 1.82) is 0 Å². The van der Waals surface area contributed by atoms with Gasteiger partial charge in [0.05, 0.1) is 6.54 Å². The van der Waals surface area contributed by atoms with E-state index in [-0.39, 0.29) is 0 Å². The fourth-order valence-electron chi connectivity index (χ4n) is 2.35. The number of nitrogens with zero attached hydrogens (tertiary/aromatic N) is 3. The molecule has 1 rings (SSSR count). The van der Waals surface area contributed by atoms with E-state index in [1.165, 1.54) is 0 Å². The summed E-state index contributed by atoms with van der Waals surface area (Å²) in [7, 11) is 0. The van der Waals surface area contributed by atoms with E-state index in [0.29, 0.717) is 6.04 Å². The smallest absolute Gasteiger partial charge is 0.191 e. The predicted octanol–water partition coefficient (Wildman–Crippen LogP) is 1.77. The molecule has 0 aliphatic rings. The minimum absolute atomic E-state index is 0.472. The van der Waals surface area contributed by atoms with Crippen LogP contribution < -0.4 is 10.6 Å². The summed E-state index contributed by atoms with van der Waals surface area (Å²) in [6.45, 7) is 14.4. The molecule has 2 N–H and O–H groups in total. The average Bonchev–Trinajstić information content (AvgIpc) is 2.99. The Morgan fingerprint density at radius 1 is 1.14 bits per heavy atom. The summed E-state index contributed by atoms with van der Waals surface area (Å²) in [5, 5.41) is 6.69. The molecule has 0 bridgehead atoms. The van der Waals surface area contributed by atoms with Crippen molar-refractivity contribution in [3.63, 3.8) is 0 Å². The third-order valence-corrected chi connectivity index (χ3v) is 3.62. The fourth-order valence-corrected chi connectivity index (χ4v) is 2.35. The molecule has 5 nitrogen and oxygen atoms in total. The highest BCUT2D eigenvalue weighted by Gasteiger charge is 2.09. The van der Waals surface area contributed by atoms with Gasteiger partial charge in [-0.3, -0.25) is 9.89 Å². The van der Waals surface area contributed by atoms with Crippen LogP contribution in [0.15, 0.2) is 29.5 Å². The molecule has 0 aromatic carbocycles. The Balaban J connectivity index is 2.41. The van der Waals surface area contributed by atoms with Crippen molar-refractivity contribution in [1.82, 2.24) is 20.1 Å². The summed E-state index contributed by atoms with van der Waals surface area (Å²) < 4.78 is 2.16. The van der Waals surface area contributed by atoms with Crippen LogP contribution in [-0.2, 0) is 6.54 Å². The van der Waals surface area contributed by atoms with Crippen molar-refractivity contribution in [2.45, 2.75) is 40.3 Å². The van der Waals surface area contributed by atoms with E-state index in [1.807, 2.05) is 12.1 Å². The summed E-state index contributed by atoms with van der Waals surface area (Å²) in [6.07, 6.45) is 4.16. The van der Waals surface area contributed by atoms with E-state index in [1.54, 1.807) is 0 Å². The molecule has 0 radical (unpaired) electrons. The Labute approximate surface area is 129 Å². The van der Waals surface area contributed by atoms with E-state index < -0.39 is 0 Å². The van der Waals surface area contributed by atoms with Gasteiger partial charge < -0.3 is 15.2 Å². The Bertz CT molecular complexity index is 381. The van der Waals surface area contributed by atoms with Gasteiger partial charge in [0.15, 0.2) is 5.96 Å². The normalized spacial score (nSPS) is 13.5. The van der Waals surface area contributed by atoms with Gasteiger partial charge in [0.25, 0.3) is 0 Å². The Kier molecular flexibility index (Phi) is 8.59. The van der Waals surface area contributed by atoms with Crippen molar-refractivity contribution in [3.05, 3.63) is 24.5 Å². The zero-order valence-electron chi connectivity index (χ0n) is 14.0.